The van der Waals surface area contributed by atoms with Crippen molar-refractivity contribution in [3.63, 3.8) is 0 Å². The van der Waals surface area contributed by atoms with Gasteiger partial charge in [-0.3, -0.25) is 5.09 Å². The quantitative estimate of drug-likeness (QED) is 0.392. The largest absolute Gasteiger partial charge is 0.508 e. The van der Waals surface area contributed by atoms with Gasteiger partial charge >= 0.3 is 7.75 Å². The van der Waals surface area contributed by atoms with Gasteiger partial charge in [-0.1, -0.05) is 18.2 Å². The van der Waals surface area contributed by atoms with Crippen molar-refractivity contribution in [1.82, 2.24) is 0 Å². The zero-order chi connectivity index (χ0) is 16.9. The van der Waals surface area contributed by atoms with Crippen LogP contribution in [-0.4, -0.2) is 20.0 Å². The average molecular weight is 337 g/mol. The molecule has 0 aromatic heterocycles. The molecule has 0 fully saturated rings. The minimum absolute atomic E-state index is 0.0514. The van der Waals surface area contributed by atoms with E-state index in [-0.39, 0.29) is 17.2 Å². The van der Waals surface area contributed by atoms with Crippen LogP contribution in [0, 0.1) is 0 Å². The van der Waals surface area contributed by atoms with E-state index in [1.165, 1.54) is 12.1 Å². The molecule has 2 aromatic rings. The first-order valence-corrected chi connectivity index (χ1v) is 8.88. The molecule has 0 heterocycles. The van der Waals surface area contributed by atoms with Gasteiger partial charge in [0, 0.05) is 6.07 Å². The second-order valence-corrected chi connectivity index (χ2v) is 6.69. The van der Waals surface area contributed by atoms with Crippen LogP contribution in [0.25, 0.3) is 0 Å². The Morgan fingerprint density at radius 2 is 1.61 bits per heavy atom. The number of hydrogen-bond donors (Lipinski definition) is 5. The van der Waals surface area contributed by atoms with Crippen LogP contribution in [0.3, 0.4) is 0 Å². The fourth-order valence-electron chi connectivity index (χ4n) is 2.40. The van der Waals surface area contributed by atoms with Crippen molar-refractivity contribution in [2.45, 2.75) is 25.7 Å². The molecule has 124 valence electrons. The van der Waals surface area contributed by atoms with Crippen molar-refractivity contribution in [3.8, 4) is 11.5 Å². The zero-order valence-corrected chi connectivity index (χ0v) is 13.4. The summed E-state index contributed by atoms with van der Waals surface area (Å²) in [4.78, 5) is 18.1. The third-order valence-electron chi connectivity index (χ3n) is 3.43. The van der Waals surface area contributed by atoms with Crippen molar-refractivity contribution in [3.05, 3.63) is 53.6 Å². The van der Waals surface area contributed by atoms with Crippen LogP contribution in [0.5, 0.6) is 11.5 Å². The average Bonchev–Trinajstić information content (AvgIpc) is 2.44. The molecule has 2 rings (SSSR count). The standard InChI is InChI=1S/C16H20NO5P/c18-14-7-3-5-12(10-14)4-1-2-6-13-8-9-15(19)11-16(13)17-23(20,21)22/h3,5,7-11,18-19H,1-2,4,6H2,(H3,17,20,21,22). The molecule has 0 aliphatic carbocycles. The summed E-state index contributed by atoms with van der Waals surface area (Å²) in [5, 5.41) is 21.0. The maximum atomic E-state index is 11.1. The maximum Gasteiger partial charge on any atom is 0.427 e. The molecule has 23 heavy (non-hydrogen) atoms. The van der Waals surface area contributed by atoms with E-state index in [0.29, 0.717) is 6.42 Å². The first kappa shape index (κ1) is 17.3. The highest BCUT2D eigenvalue weighted by Crippen LogP contribution is 2.38. The second-order valence-electron chi connectivity index (χ2n) is 5.37. The van der Waals surface area contributed by atoms with Crippen molar-refractivity contribution < 1.29 is 24.6 Å². The minimum atomic E-state index is -4.42. The highest BCUT2D eigenvalue weighted by Gasteiger charge is 2.15. The SMILES string of the molecule is O=P(O)(O)Nc1cc(O)ccc1CCCCc1cccc(O)c1. The Bertz CT molecular complexity index is 713. The van der Waals surface area contributed by atoms with E-state index >= 15 is 0 Å². The van der Waals surface area contributed by atoms with E-state index < -0.39 is 7.75 Å². The van der Waals surface area contributed by atoms with Crippen LogP contribution in [0.4, 0.5) is 5.69 Å². The van der Waals surface area contributed by atoms with Crippen molar-refractivity contribution in [1.29, 1.82) is 0 Å². The molecule has 0 unspecified atom stereocenters. The third kappa shape index (κ3) is 5.94. The Labute approximate surface area is 134 Å². The number of phenolic OH excluding ortho intramolecular Hbond substituents is 2. The van der Waals surface area contributed by atoms with Crippen LogP contribution in [0.15, 0.2) is 42.5 Å². The molecule has 0 spiro atoms. The number of nitrogens with one attached hydrogen (secondary N) is 1. The summed E-state index contributed by atoms with van der Waals surface area (Å²) in [6, 6.07) is 11.6. The predicted octanol–water partition coefficient (Wildman–Crippen LogP) is 3.17. The summed E-state index contributed by atoms with van der Waals surface area (Å²) in [6.07, 6.45) is 3.13. The number of rotatable bonds is 7. The fourth-order valence-corrected chi connectivity index (χ4v) is 2.92. The van der Waals surface area contributed by atoms with Gasteiger partial charge in [0.15, 0.2) is 0 Å². The molecule has 6 nitrogen and oxygen atoms in total. The van der Waals surface area contributed by atoms with Gasteiger partial charge in [0.25, 0.3) is 0 Å². The molecule has 7 heteroatoms. The summed E-state index contributed by atoms with van der Waals surface area (Å²) in [6.45, 7) is 0. The van der Waals surface area contributed by atoms with Gasteiger partial charge in [0.05, 0.1) is 5.69 Å². The molecule has 0 amide bonds. The van der Waals surface area contributed by atoms with Gasteiger partial charge in [-0.25, -0.2) is 4.57 Å². The molecule has 0 bridgehead atoms. The molecule has 2 aromatic carbocycles. The molecule has 0 saturated heterocycles. The van der Waals surface area contributed by atoms with Gasteiger partial charge in [0.1, 0.15) is 11.5 Å². The Morgan fingerprint density at radius 1 is 0.913 bits per heavy atom. The number of hydrogen-bond acceptors (Lipinski definition) is 3. The van der Waals surface area contributed by atoms with Crippen molar-refractivity contribution in [2.75, 3.05) is 5.09 Å². The van der Waals surface area contributed by atoms with Crippen LogP contribution in [0.2, 0.25) is 0 Å². The molecule has 0 saturated carbocycles. The van der Waals surface area contributed by atoms with Crippen molar-refractivity contribution in [2.24, 2.45) is 0 Å². The molecule has 0 atom stereocenters. The van der Waals surface area contributed by atoms with Gasteiger partial charge in [-0.05, 0) is 55.0 Å². The van der Waals surface area contributed by atoms with Gasteiger partial charge < -0.3 is 20.0 Å². The van der Waals surface area contributed by atoms with Crippen molar-refractivity contribution >= 4 is 13.4 Å². The molecule has 0 aliphatic rings. The summed E-state index contributed by atoms with van der Waals surface area (Å²) < 4.78 is 11.1. The smallest absolute Gasteiger partial charge is 0.427 e. The summed E-state index contributed by atoms with van der Waals surface area (Å²) in [7, 11) is -4.42. The Balaban J connectivity index is 1.93. The first-order valence-electron chi connectivity index (χ1n) is 7.27. The minimum Gasteiger partial charge on any atom is -0.508 e. The van der Waals surface area contributed by atoms with E-state index in [1.807, 2.05) is 6.07 Å². The first-order chi connectivity index (χ1) is 10.8. The predicted molar refractivity (Wildman–Crippen MR) is 88.5 cm³/mol. The summed E-state index contributed by atoms with van der Waals surface area (Å²) in [5.41, 5.74) is 2.03. The number of anilines is 1. The highest BCUT2D eigenvalue weighted by molar-refractivity contribution is 7.53. The normalized spacial score (nSPS) is 11.4. The van der Waals surface area contributed by atoms with Gasteiger partial charge in [0.2, 0.25) is 0 Å². The monoisotopic (exact) mass is 337 g/mol. The molecular formula is C16H20NO5P. The van der Waals surface area contributed by atoms with E-state index in [1.54, 1.807) is 24.3 Å². The summed E-state index contributed by atoms with van der Waals surface area (Å²) >= 11 is 0. The highest BCUT2D eigenvalue weighted by atomic mass is 31.2. The maximum absolute atomic E-state index is 11.1. The molecule has 5 N–H and O–H groups in total. The topological polar surface area (TPSA) is 110 Å². The zero-order valence-electron chi connectivity index (χ0n) is 12.5. The Hall–Kier alpha value is -2.01. The lowest BCUT2D eigenvalue weighted by atomic mass is 10.0. The van der Waals surface area contributed by atoms with Gasteiger partial charge in [-0.2, -0.15) is 0 Å². The lowest BCUT2D eigenvalue weighted by Crippen LogP contribution is -1.99. The van der Waals surface area contributed by atoms with E-state index in [0.717, 1.165) is 30.4 Å². The molecule has 0 radical (unpaired) electrons. The van der Waals surface area contributed by atoms with Crippen LogP contribution in [-0.2, 0) is 17.4 Å². The summed E-state index contributed by atoms with van der Waals surface area (Å²) in [5.74, 6) is 0.193. The van der Waals surface area contributed by atoms with Gasteiger partial charge in [-0.15, -0.1) is 0 Å². The number of aromatic hydroxyl groups is 2. The Kier molecular flexibility index (Phi) is 5.66. The number of benzene rings is 2. The second kappa shape index (κ2) is 7.51. The number of unbranched alkanes of at least 4 members (excludes halogenated alkanes) is 1. The van der Waals surface area contributed by atoms with Crippen LogP contribution < -0.4 is 5.09 Å². The lowest BCUT2D eigenvalue weighted by Gasteiger charge is -2.13. The Morgan fingerprint density at radius 3 is 2.30 bits per heavy atom. The number of aryl methyl sites for hydroxylation is 2. The van der Waals surface area contributed by atoms with Crippen LogP contribution in [0.1, 0.15) is 24.0 Å². The third-order valence-corrected chi connectivity index (χ3v) is 3.96. The lowest BCUT2D eigenvalue weighted by molar-refractivity contribution is 0.380. The number of phenols is 2. The molecular weight excluding hydrogens is 317 g/mol. The van der Waals surface area contributed by atoms with E-state index in [2.05, 4.69) is 5.09 Å². The fraction of sp³-hybridized carbons (Fsp3) is 0.250. The van der Waals surface area contributed by atoms with Crippen LogP contribution >= 0.6 is 7.75 Å². The van der Waals surface area contributed by atoms with E-state index in [4.69, 9.17) is 9.79 Å². The molecule has 0 aliphatic heterocycles. The van der Waals surface area contributed by atoms with E-state index in [9.17, 15) is 14.8 Å².